The topological polar surface area (TPSA) is 110 Å². The van der Waals surface area contributed by atoms with Crippen LogP contribution in [-0.4, -0.2) is 48.5 Å². The minimum absolute atomic E-state index is 0.121. The second-order valence-electron chi connectivity index (χ2n) is 9.54. The normalized spacial score (nSPS) is 14.4. The molecule has 0 aromatic rings. The maximum Gasteiger partial charge on any atom is 0.469 e. The Morgan fingerprint density at radius 3 is 1.68 bits per heavy atom. The number of ether oxygens (including phenoxy) is 1. The van der Waals surface area contributed by atoms with Crippen LogP contribution in [0.2, 0.25) is 0 Å². The van der Waals surface area contributed by atoms with Crippen molar-refractivity contribution in [1.82, 2.24) is 0 Å². The highest BCUT2D eigenvalue weighted by Gasteiger charge is 2.30. The van der Waals surface area contributed by atoms with Gasteiger partial charge in [0, 0.05) is 6.61 Å². The van der Waals surface area contributed by atoms with Crippen molar-refractivity contribution in [2.24, 2.45) is 0 Å². The summed E-state index contributed by atoms with van der Waals surface area (Å²) in [5.74, 6) is 0.206. The fraction of sp³-hybridized carbons (Fsp3) is 1.00. The van der Waals surface area contributed by atoms with Crippen LogP contribution in [0.25, 0.3) is 0 Å². The van der Waals surface area contributed by atoms with Gasteiger partial charge in [-0.2, -0.15) is 0 Å². The van der Waals surface area contributed by atoms with Crippen LogP contribution in [0.3, 0.4) is 0 Å². The predicted octanol–water partition coefficient (Wildman–Crippen LogP) is 6.96. The molecule has 0 saturated heterocycles. The molecule has 9 heteroatoms. The van der Waals surface area contributed by atoms with Crippen molar-refractivity contribution in [2.75, 3.05) is 19.0 Å². The lowest BCUT2D eigenvalue weighted by molar-refractivity contribution is 0.0505. The van der Waals surface area contributed by atoms with Crippen LogP contribution in [0.5, 0.6) is 0 Å². The van der Waals surface area contributed by atoms with Crippen LogP contribution < -0.4 is 0 Å². The van der Waals surface area contributed by atoms with E-state index in [-0.39, 0.29) is 19.0 Å². The Bertz CT molecular complexity index is 606. The third kappa shape index (κ3) is 20.2. The molecule has 0 aromatic carbocycles. The summed E-state index contributed by atoms with van der Waals surface area (Å²) in [5.41, 5.74) is 0. The van der Waals surface area contributed by atoms with Gasteiger partial charge in [-0.15, -0.1) is 0 Å². The van der Waals surface area contributed by atoms with E-state index in [1.54, 1.807) is 6.92 Å². The largest absolute Gasteiger partial charge is 0.469 e. The van der Waals surface area contributed by atoms with Crippen LogP contribution in [0.15, 0.2) is 0 Å². The summed E-state index contributed by atoms with van der Waals surface area (Å²) in [5, 5.41) is -0.532. The Morgan fingerprint density at radius 2 is 1.18 bits per heavy atom. The molecular formula is C25H53O7PS. The summed E-state index contributed by atoms with van der Waals surface area (Å²) < 4.78 is 47.3. The average Bonchev–Trinajstić information content (AvgIpc) is 2.76. The van der Waals surface area contributed by atoms with Gasteiger partial charge >= 0.3 is 7.82 Å². The van der Waals surface area contributed by atoms with Crippen LogP contribution >= 0.6 is 7.82 Å². The van der Waals surface area contributed by atoms with Crippen molar-refractivity contribution in [3.8, 4) is 0 Å². The Morgan fingerprint density at radius 1 is 0.706 bits per heavy atom. The number of hydrogen-bond acceptors (Lipinski definition) is 5. The van der Waals surface area contributed by atoms with Crippen LogP contribution in [0.1, 0.15) is 130 Å². The van der Waals surface area contributed by atoms with Crippen molar-refractivity contribution in [3.63, 3.8) is 0 Å². The third-order valence-corrected chi connectivity index (χ3v) is 9.21. The van der Waals surface area contributed by atoms with Gasteiger partial charge in [-0.25, -0.2) is 13.0 Å². The first-order chi connectivity index (χ1) is 16.1. The molecule has 0 aromatic heterocycles. The Balaban J connectivity index is 4.56. The fourth-order valence-corrected chi connectivity index (χ4v) is 6.68. The van der Waals surface area contributed by atoms with E-state index >= 15 is 0 Å². The van der Waals surface area contributed by atoms with Crippen molar-refractivity contribution in [1.29, 1.82) is 0 Å². The molecule has 0 fully saturated rings. The van der Waals surface area contributed by atoms with Crippen LogP contribution in [-0.2, 0) is 23.7 Å². The smallest absolute Gasteiger partial charge is 0.377 e. The zero-order valence-electron chi connectivity index (χ0n) is 22.1. The highest BCUT2D eigenvalue weighted by atomic mass is 32.2. The molecule has 0 rings (SSSR count). The molecule has 0 spiro atoms. The maximum absolute atomic E-state index is 13.2. The summed E-state index contributed by atoms with van der Waals surface area (Å²) in [6.45, 7) is 6.30. The monoisotopic (exact) mass is 528 g/mol. The van der Waals surface area contributed by atoms with E-state index in [2.05, 4.69) is 18.4 Å². The number of hydrogen-bond donors (Lipinski definition) is 2. The van der Waals surface area contributed by atoms with Crippen molar-refractivity contribution >= 4 is 17.7 Å². The molecule has 0 bridgehead atoms. The predicted molar refractivity (Wildman–Crippen MR) is 141 cm³/mol. The Kier molecular flexibility index (Phi) is 21.2. The molecular weight excluding hydrogens is 475 g/mol. The van der Waals surface area contributed by atoms with E-state index < -0.39 is 29.0 Å². The van der Waals surface area contributed by atoms with Crippen molar-refractivity contribution in [3.05, 3.63) is 0 Å². The summed E-state index contributed by atoms with van der Waals surface area (Å²) in [7, 11) is -7.75. The lowest BCUT2D eigenvalue weighted by atomic mass is 10.1. The van der Waals surface area contributed by atoms with Crippen molar-refractivity contribution in [2.45, 2.75) is 141 Å². The Labute approximate surface area is 209 Å². The SMILES string of the molecule is CCCCCCCCCCS(=O)(=O)C(CCCCCCCCC)C(C)OCCCOP(=O)(O)O. The van der Waals surface area contributed by atoms with Gasteiger partial charge in [0.1, 0.15) is 0 Å². The zero-order valence-corrected chi connectivity index (χ0v) is 23.8. The second-order valence-corrected chi connectivity index (χ2v) is 13.1. The van der Waals surface area contributed by atoms with Crippen LogP contribution in [0, 0.1) is 0 Å². The minimum atomic E-state index is -4.48. The molecule has 0 aliphatic rings. The molecule has 0 aliphatic carbocycles. The highest BCUT2D eigenvalue weighted by Crippen LogP contribution is 2.35. The van der Waals surface area contributed by atoms with Gasteiger partial charge in [-0.3, -0.25) is 4.52 Å². The molecule has 0 amide bonds. The maximum atomic E-state index is 13.2. The standard InChI is InChI=1S/C25H53O7PS/c1-4-6-8-10-12-14-16-18-23-34(29,30)25(20-17-15-13-11-9-7-5-2)24(3)31-21-19-22-32-33(26,27)28/h24-25H,4-23H2,1-3H3,(H2,26,27,28). The molecule has 0 aliphatic heterocycles. The summed E-state index contributed by atoms with van der Waals surface area (Å²) >= 11 is 0. The highest BCUT2D eigenvalue weighted by molar-refractivity contribution is 7.92. The Hall–Kier alpha value is 0.0200. The van der Waals surface area contributed by atoms with Gasteiger partial charge in [-0.1, -0.05) is 104 Å². The van der Waals surface area contributed by atoms with Gasteiger partial charge < -0.3 is 14.5 Å². The van der Waals surface area contributed by atoms with Gasteiger partial charge in [-0.05, 0) is 26.2 Å². The van der Waals surface area contributed by atoms with Crippen molar-refractivity contribution < 1.29 is 32.0 Å². The van der Waals surface area contributed by atoms with Gasteiger partial charge in [0.2, 0.25) is 0 Å². The number of unbranched alkanes of at least 4 members (excludes halogenated alkanes) is 13. The minimum Gasteiger partial charge on any atom is -0.377 e. The number of phosphoric ester groups is 1. The average molecular weight is 529 g/mol. The van der Waals surface area contributed by atoms with E-state index in [1.165, 1.54) is 57.8 Å². The number of sulfone groups is 1. The van der Waals surface area contributed by atoms with Gasteiger partial charge in [0.05, 0.1) is 23.7 Å². The first kappa shape index (κ1) is 34.0. The number of phosphoric acid groups is 1. The van der Waals surface area contributed by atoms with E-state index in [0.29, 0.717) is 19.3 Å². The lowest BCUT2D eigenvalue weighted by Crippen LogP contribution is -2.36. The molecule has 34 heavy (non-hydrogen) atoms. The van der Waals surface area contributed by atoms with E-state index in [1.807, 2.05) is 0 Å². The molecule has 0 radical (unpaired) electrons. The number of rotatable bonds is 25. The summed E-state index contributed by atoms with van der Waals surface area (Å²) in [4.78, 5) is 17.5. The summed E-state index contributed by atoms with van der Waals surface area (Å²) in [6.07, 6.45) is 17.4. The molecule has 2 unspecified atom stereocenters. The quantitative estimate of drug-likeness (QED) is 0.0973. The first-order valence-electron chi connectivity index (χ1n) is 13.7. The van der Waals surface area contributed by atoms with Gasteiger partial charge in [0.15, 0.2) is 9.84 Å². The molecule has 206 valence electrons. The van der Waals surface area contributed by atoms with E-state index in [9.17, 15) is 13.0 Å². The zero-order chi connectivity index (χ0) is 25.7. The van der Waals surface area contributed by atoms with Crippen LogP contribution in [0.4, 0.5) is 0 Å². The fourth-order valence-electron chi connectivity index (χ4n) is 4.22. The second kappa shape index (κ2) is 21.1. The molecule has 2 N–H and O–H groups in total. The third-order valence-electron chi connectivity index (χ3n) is 6.29. The molecule has 7 nitrogen and oxygen atoms in total. The molecule has 0 heterocycles. The van der Waals surface area contributed by atoms with Gasteiger partial charge in [0.25, 0.3) is 0 Å². The summed E-state index contributed by atoms with van der Waals surface area (Å²) in [6, 6.07) is 0. The first-order valence-corrected chi connectivity index (χ1v) is 16.9. The molecule has 0 saturated carbocycles. The van der Waals surface area contributed by atoms with E-state index in [4.69, 9.17) is 14.5 Å². The van der Waals surface area contributed by atoms with E-state index in [0.717, 1.165) is 32.1 Å². The molecule has 2 atom stereocenters. The lowest BCUT2D eigenvalue weighted by Gasteiger charge is -2.25.